The van der Waals surface area contributed by atoms with Crippen molar-refractivity contribution in [2.24, 2.45) is 0 Å². The Kier molecular flexibility index (Phi) is 49.7. The molecule has 0 spiro atoms. The lowest BCUT2D eigenvalue weighted by atomic mass is 10.1. The molecule has 0 heterocycles. The van der Waals surface area contributed by atoms with E-state index in [0.717, 1.165) is 128 Å². The van der Waals surface area contributed by atoms with Crippen LogP contribution in [0.5, 0.6) is 0 Å². The van der Waals surface area contributed by atoms with Gasteiger partial charge in [0.25, 0.3) is 0 Å². The maximum atomic E-state index is 12.9. The van der Waals surface area contributed by atoms with E-state index in [1.54, 1.807) is 0 Å². The highest BCUT2D eigenvalue weighted by molar-refractivity contribution is 7.47. The monoisotopic (exact) mass is 1020 g/mol. The average molecular weight is 1020 g/mol. The number of phosphoric acid groups is 1. The Balaban J connectivity index is 4.90. The van der Waals surface area contributed by atoms with Crippen molar-refractivity contribution in [1.29, 1.82) is 0 Å². The Morgan fingerprint density at radius 2 is 0.681 bits per heavy atom. The second kappa shape index (κ2) is 52.9. The van der Waals surface area contributed by atoms with Gasteiger partial charge in [0.05, 0.1) is 19.8 Å². The van der Waals surface area contributed by atoms with Crippen LogP contribution in [0, 0.1) is 0 Å². The van der Waals surface area contributed by atoms with Crippen molar-refractivity contribution in [3.05, 3.63) is 134 Å². The number of hydrogen-bond acceptors (Lipinski definition) is 10. The molecule has 3 atom stereocenters. The van der Waals surface area contributed by atoms with Gasteiger partial charge in [-0.25, -0.2) is 4.57 Å². The highest BCUT2D eigenvalue weighted by Crippen LogP contribution is 2.43. The molecule has 12 heteroatoms. The van der Waals surface area contributed by atoms with Crippen molar-refractivity contribution in [2.45, 2.75) is 200 Å². The van der Waals surface area contributed by atoms with E-state index < -0.39 is 57.8 Å². The van der Waals surface area contributed by atoms with Gasteiger partial charge in [-0.2, -0.15) is 0 Å². The van der Waals surface area contributed by atoms with Gasteiger partial charge < -0.3 is 24.2 Å². The molecule has 72 heavy (non-hydrogen) atoms. The fourth-order valence-corrected chi connectivity index (χ4v) is 7.31. The summed E-state index contributed by atoms with van der Waals surface area (Å²) in [6, 6.07) is 0. The van der Waals surface area contributed by atoms with Crippen LogP contribution in [0.1, 0.15) is 188 Å². The number of ether oxygens (including phenoxy) is 3. The average Bonchev–Trinajstić information content (AvgIpc) is 3.37. The first-order chi connectivity index (χ1) is 35.2. The van der Waals surface area contributed by atoms with E-state index in [0.29, 0.717) is 19.3 Å². The number of phosphoric ester groups is 1. The molecule has 0 bridgehead atoms. The predicted octanol–water partition coefficient (Wildman–Crippen LogP) is 15.8. The van der Waals surface area contributed by atoms with E-state index >= 15 is 0 Å². The number of carbonyl (C=O) groups excluding carboxylic acids is 3. The van der Waals surface area contributed by atoms with Crippen molar-refractivity contribution in [3.8, 4) is 0 Å². The van der Waals surface area contributed by atoms with Crippen molar-refractivity contribution in [2.75, 3.05) is 26.4 Å². The van der Waals surface area contributed by atoms with Crippen LogP contribution >= 0.6 is 7.82 Å². The third kappa shape index (κ3) is 50.6. The molecule has 0 aliphatic heterocycles. The summed E-state index contributed by atoms with van der Waals surface area (Å²) >= 11 is 0. The molecule has 0 aromatic heterocycles. The minimum Gasteiger partial charge on any atom is -0.462 e. The van der Waals surface area contributed by atoms with Crippen LogP contribution < -0.4 is 0 Å². The number of aliphatic hydroxyl groups excluding tert-OH is 1. The topological polar surface area (TPSA) is 155 Å². The molecule has 0 saturated carbocycles. The van der Waals surface area contributed by atoms with E-state index in [1.165, 1.54) is 0 Å². The first-order valence-corrected chi connectivity index (χ1v) is 28.6. The Morgan fingerprint density at radius 3 is 1.07 bits per heavy atom. The van der Waals surface area contributed by atoms with Crippen molar-refractivity contribution in [3.63, 3.8) is 0 Å². The van der Waals surface area contributed by atoms with Crippen LogP contribution in [0.2, 0.25) is 0 Å². The van der Waals surface area contributed by atoms with Crippen LogP contribution in [0.15, 0.2) is 134 Å². The van der Waals surface area contributed by atoms with Gasteiger partial charge in [-0.3, -0.25) is 23.4 Å². The van der Waals surface area contributed by atoms with E-state index in [1.807, 2.05) is 0 Å². The lowest BCUT2D eigenvalue weighted by Crippen LogP contribution is -2.30. The van der Waals surface area contributed by atoms with E-state index in [2.05, 4.69) is 154 Å². The molecule has 0 radical (unpaired) electrons. The summed E-state index contributed by atoms with van der Waals surface area (Å²) in [5.41, 5.74) is 0. The second-order valence-corrected chi connectivity index (χ2v) is 18.7. The Bertz CT molecular complexity index is 1710. The zero-order chi connectivity index (χ0) is 52.7. The summed E-state index contributed by atoms with van der Waals surface area (Å²) in [6.07, 6.45) is 65.7. The highest BCUT2D eigenvalue weighted by Gasteiger charge is 2.28. The summed E-state index contributed by atoms with van der Waals surface area (Å²) in [4.78, 5) is 48.4. The third-order valence-electron chi connectivity index (χ3n) is 10.6. The van der Waals surface area contributed by atoms with Gasteiger partial charge in [0.2, 0.25) is 0 Å². The normalized spacial score (nSPS) is 14.5. The fraction of sp³-hybridized carbons (Fsp3) is 0.583. The van der Waals surface area contributed by atoms with E-state index in [-0.39, 0.29) is 25.9 Å². The summed E-state index contributed by atoms with van der Waals surface area (Å²) in [5.74, 6) is -1.59. The number of aliphatic hydroxyl groups is 1. The lowest BCUT2D eigenvalue weighted by Gasteiger charge is -2.21. The first-order valence-electron chi connectivity index (χ1n) is 27.1. The maximum absolute atomic E-state index is 12.9. The molecule has 0 saturated heterocycles. The number of allylic oxidation sites excluding steroid dienone is 22. The van der Waals surface area contributed by atoms with Crippen molar-refractivity contribution >= 4 is 25.7 Å². The molecular formula is C60H95O11P. The first kappa shape index (κ1) is 67.6. The number of rotatable bonds is 48. The molecular weight excluding hydrogens is 928 g/mol. The van der Waals surface area contributed by atoms with Gasteiger partial charge in [0, 0.05) is 19.3 Å². The molecule has 0 amide bonds. The smallest absolute Gasteiger partial charge is 0.462 e. The van der Waals surface area contributed by atoms with Gasteiger partial charge in [0.1, 0.15) is 12.7 Å². The Labute approximate surface area is 436 Å². The summed E-state index contributed by atoms with van der Waals surface area (Å²) < 4.78 is 39.3. The molecule has 3 unspecified atom stereocenters. The Morgan fingerprint density at radius 1 is 0.389 bits per heavy atom. The lowest BCUT2D eigenvalue weighted by molar-refractivity contribution is -0.161. The zero-order valence-electron chi connectivity index (χ0n) is 44.6. The number of carbonyl (C=O) groups is 3. The van der Waals surface area contributed by atoms with Crippen LogP contribution in [0.3, 0.4) is 0 Å². The molecule has 0 aliphatic rings. The minimum atomic E-state index is -4.78. The third-order valence-corrected chi connectivity index (χ3v) is 11.5. The van der Waals surface area contributed by atoms with Crippen LogP contribution in [-0.2, 0) is 42.2 Å². The Hall–Kier alpha value is -4.38. The molecule has 2 N–H and O–H groups in total. The summed E-state index contributed by atoms with van der Waals surface area (Å²) in [6.45, 7) is 4.15. The number of esters is 3. The van der Waals surface area contributed by atoms with Gasteiger partial charge in [0.15, 0.2) is 6.10 Å². The largest absolute Gasteiger partial charge is 0.472 e. The number of unbranched alkanes of at least 4 members (excludes halogenated alkanes) is 9. The standard InChI is InChI=1S/C60H95O11P/c1-4-7-10-13-16-19-22-25-27-28-30-33-36-39-42-45-48-51-60(64)71-57(53-67-58(62)49-46-43-40-37-34-32-29-26-23-20-17-14-11-8-5-2)55-69-72(65,66)68-54-56(52-61)70-59(63)50-47-44-41-38-35-31-24-21-18-15-12-9-6-3/h7-12,16-21,25-27,29-31,33-35,37,56-57,61H,4-6,13-15,22-24,28,32,36,38-55H2,1-3H3,(H,65,66)/b10-7-,11-8-,12-9-,19-16-,20-17-,21-18-,27-25-,29-26-,33-30-,35-31-,37-34-. The van der Waals surface area contributed by atoms with Crippen molar-refractivity contribution < 1.29 is 52.2 Å². The molecule has 0 rings (SSSR count). The van der Waals surface area contributed by atoms with Crippen LogP contribution in [-0.4, -0.2) is 66.5 Å². The van der Waals surface area contributed by atoms with Crippen LogP contribution in [0.25, 0.3) is 0 Å². The minimum absolute atomic E-state index is 0.120. The highest BCUT2D eigenvalue weighted by atomic mass is 31.2. The quantitative estimate of drug-likeness (QED) is 0.0197. The molecule has 0 aromatic carbocycles. The molecule has 0 aromatic rings. The number of hydrogen-bond donors (Lipinski definition) is 2. The van der Waals surface area contributed by atoms with Crippen LogP contribution in [0.4, 0.5) is 0 Å². The molecule has 406 valence electrons. The predicted molar refractivity (Wildman–Crippen MR) is 297 cm³/mol. The fourth-order valence-electron chi connectivity index (χ4n) is 6.53. The van der Waals surface area contributed by atoms with Gasteiger partial charge in [-0.1, -0.05) is 174 Å². The van der Waals surface area contributed by atoms with Gasteiger partial charge >= 0.3 is 25.7 Å². The van der Waals surface area contributed by atoms with E-state index in [9.17, 15) is 28.9 Å². The SMILES string of the molecule is CC/C=C\C/C=C\C/C=C\C/C=C\CCCCCCC(=O)OC(COC(=O)CCCC/C=C\C/C=C\C/C=C\C/C=C\CC)COP(=O)(O)OCC(CO)OC(=O)CCCCC/C=C\C/C=C\C/C=C\CC. The van der Waals surface area contributed by atoms with Gasteiger partial charge in [-0.15, -0.1) is 0 Å². The molecule has 0 aliphatic carbocycles. The maximum Gasteiger partial charge on any atom is 0.472 e. The second-order valence-electron chi connectivity index (χ2n) is 17.2. The molecule has 0 fully saturated rings. The zero-order valence-corrected chi connectivity index (χ0v) is 45.5. The van der Waals surface area contributed by atoms with Crippen molar-refractivity contribution in [1.82, 2.24) is 0 Å². The molecule has 11 nitrogen and oxygen atoms in total. The summed E-state index contributed by atoms with van der Waals surface area (Å²) in [7, 11) is -4.78. The van der Waals surface area contributed by atoms with E-state index in [4.69, 9.17) is 23.3 Å². The van der Waals surface area contributed by atoms with Gasteiger partial charge in [-0.05, 0) is 128 Å². The summed E-state index contributed by atoms with van der Waals surface area (Å²) in [5, 5.41) is 9.79.